The minimum absolute atomic E-state index is 0.145. The van der Waals surface area contributed by atoms with Crippen LogP contribution in [0.25, 0.3) is 0 Å². The van der Waals surface area contributed by atoms with E-state index in [1.165, 1.54) is 19.2 Å². The van der Waals surface area contributed by atoms with E-state index in [1.54, 1.807) is 35.7 Å². The van der Waals surface area contributed by atoms with Gasteiger partial charge in [0, 0.05) is 0 Å². The normalized spacial score (nSPS) is 17.8. The van der Waals surface area contributed by atoms with E-state index in [9.17, 15) is 14.0 Å². The molecule has 2 aromatic rings. The number of halogens is 1. The van der Waals surface area contributed by atoms with Crippen LogP contribution in [0.4, 0.5) is 4.39 Å². The number of benzene rings is 1. The molecule has 0 aromatic heterocycles. The molecule has 1 fully saturated rings. The van der Waals surface area contributed by atoms with Crippen molar-refractivity contribution >= 4 is 23.5 Å². The van der Waals surface area contributed by atoms with Gasteiger partial charge in [0.1, 0.15) is 9.90 Å². The Labute approximate surface area is 129 Å². The van der Waals surface area contributed by atoms with Crippen LogP contribution in [0.1, 0.15) is 17.5 Å². The third-order valence-electron chi connectivity index (χ3n) is 3.52. The molecule has 1 heterocycles. The molecule has 0 amide bonds. The van der Waals surface area contributed by atoms with Crippen LogP contribution in [0.15, 0.2) is 33.9 Å². The van der Waals surface area contributed by atoms with E-state index < -0.39 is 14.9 Å². The number of ether oxygens (including phenoxy) is 1. The van der Waals surface area contributed by atoms with E-state index in [0.29, 0.717) is 5.56 Å². The van der Waals surface area contributed by atoms with Crippen molar-refractivity contribution in [1.29, 1.82) is 0 Å². The van der Waals surface area contributed by atoms with Crippen LogP contribution >= 0.6 is 23.5 Å². The Bertz CT molecular complexity index is 726. The van der Waals surface area contributed by atoms with Crippen molar-refractivity contribution in [3.63, 3.8) is 0 Å². The first-order chi connectivity index (χ1) is 10.1. The summed E-state index contributed by atoms with van der Waals surface area (Å²) >= 11 is 3.22. The topological polar surface area (TPSA) is 43.4 Å². The summed E-state index contributed by atoms with van der Waals surface area (Å²) in [6.45, 7) is 0. The van der Waals surface area contributed by atoms with Crippen LogP contribution in [0.2, 0.25) is 0 Å². The summed E-state index contributed by atoms with van der Waals surface area (Å²) in [5, 5.41) is 0. The Balaban J connectivity index is 2.18. The minimum atomic E-state index is -0.664. The van der Waals surface area contributed by atoms with Crippen LogP contribution < -0.4 is 15.6 Å². The molecule has 0 bridgehead atoms. The van der Waals surface area contributed by atoms with Gasteiger partial charge in [-0.2, -0.15) is 0 Å². The summed E-state index contributed by atoms with van der Waals surface area (Å²) in [6, 6.07) is 6.11. The lowest BCUT2D eigenvalue weighted by atomic mass is 9.98. The van der Waals surface area contributed by atoms with Gasteiger partial charge in [0.2, 0.25) is 5.43 Å². The van der Waals surface area contributed by atoms with Crippen molar-refractivity contribution in [1.82, 2.24) is 0 Å². The van der Waals surface area contributed by atoms with Crippen molar-refractivity contribution in [2.75, 3.05) is 18.6 Å². The van der Waals surface area contributed by atoms with E-state index in [2.05, 4.69) is 0 Å². The molecule has 110 valence electrons. The zero-order chi connectivity index (χ0) is 15.0. The largest absolute Gasteiger partial charge is 0.492 e. The van der Waals surface area contributed by atoms with Crippen molar-refractivity contribution in [2.45, 2.75) is 10.5 Å². The Morgan fingerprint density at radius 1 is 1.10 bits per heavy atom. The molecule has 0 spiro atoms. The average Bonchev–Trinajstić information content (AvgIpc) is 2.52. The maximum Gasteiger partial charge on any atom is 0.268 e. The Hall–Kier alpha value is -1.27. The third kappa shape index (κ3) is 2.21. The Kier molecular flexibility index (Phi) is 3.84. The highest BCUT2D eigenvalue weighted by atomic mass is 32.2. The predicted octanol–water partition coefficient (Wildman–Crippen LogP) is 2.50. The van der Waals surface area contributed by atoms with Gasteiger partial charge in [0.05, 0.1) is 12.7 Å². The minimum Gasteiger partial charge on any atom is -0.492 e. The van der Waals surface area contributed by atoms with Gasteiger partial charge in [-0.05, 0) is 35.6 Å². The first-order valence-electron chi connectivity index (χ1n) is 6.52. The molecule has 1 saturated heterocycles. The first kappa shape index (κ1) is 14.7. The van der Waals surface area contributed by atoms with Gasteiger partial charge in [-0.25, -0.2) is 4.39 Å². The monoisotopic (exact) mass is 324 g/mol. The van der Waals surface area contributed by atoms with Gasteiger partial charge in [-0.15, -0.1) is 23.5 Å². The number of methoxy groups -OCH3 is 1. The summed E-state index contributed by atoms with van der Waals surface area (Å²) < 4.78 is 17.6. The fourth-order valence-corrected chi connectivity index (χ4v) is 5.95. The molecule has 0 aliphatic carbocycles. The predicted molar refractivity (Wildman–Crippen MR) is 84.6 cm³/mol. The summed E-state index contributed by atoms with van der Waals surface area (Å²) in [7, 11) is 1.40. The van der Waals surface area contributed by atoms with Gasteiger partial charge in [-0.3, -0.25) is 9.59 Å². The maximum atomic E-state index is 13.2. The van der Waals surface area contributed by atoms with E-state index in [4.69, 9.17) is 4.74 Å². The number of hydrogen-bond donors (Lipinski definition) is 0. The highest BCUT2D eigenvalue weighted by Crippen LogP contribution is 2.55. The molecular weight excluding hydrogens is 311 g/mol. The molecule has 3 nitrogen and oxygen atoms in total. The molecule has 6 heteroatoms. The maximum absolute atomic E-state index is 13.2. The molecule has 0 saturated carbocycles. The smallest absolute Gasteiger partial charge is 0.268 e. The van der Waals surface area contributed by atoms with Crippen LogP contribution in [0, 0.1) is 5.82 Å². The summed E-state index contributed by atoms with van der Waals surface area (Å²) in [6.07, 6.45) is 1.04. The van der Waals surface area contributed by atoms with Crippen LogP contribution in [-0.4, -0.2) is 18.6 Å². The Morgan fingerprint density at radius 2 is 1.71 bits per heavy atom. The standard InChI is InChI=1S/C15H13FO3S2/c1-19-14-11(12(17)13(14)18)15(20-7-2-8-21-15)9-3-5-10(16)6-4-9/h3-6H,2,7-8H2,1H3. The lowest BCUT2D eigenvalue weighted by molar-refractivity contribution is 0.398. The fraction of sp³-hybridized carbons (Fsp3) is 0.333. The average molecular weight is 324 g/mol. The molecular formula is C15H13FO3S2. The SMILES string of the molecule is COc1c(C2(c3ccc(F)cc3)SCCCS2)c(=O)c1=O. The van der Waals surface area contributed by atoms with Crippen LogP contribution in [0.5, 0.6) is 5.75 Å². The van der Waals surface area contributed by atoms with Gasteiger partial charge in [0.15, 0.2) is 5.75 Å². The lowest BCUT2D eigenvalue weighted by Gasteiger charge is -2.37. The van der Waals surface area contributed by atoms with E-state index in [1.807, 2.05) is 0 Å². The van der Waals surface area contributed by atoms with Crippen molar-refractivity contribution in [2.24, 2.45) is 0 Å². The zero-order valence-electron chi connectivity index (χ0n) is 11.3. The molecule has 1 aliphatic heterocycles. The molecule has 0 atom stereocenters. The van der Waals surface area contributed by atoms with Gasteiger partial charge >= 0.3 is 0 Å². The molecule has 3 rings (SSSR count). The van der Waals surface area contributed by atoms with Gasteiger partial charge in [0.25, 0.3) is 5.43 Å². The fourth-order valence-electron chi connectivity index (χ4n) is 2.52. The Morgan fingerprint density at radius 3 is 2.29 bits per heavy atom. The number of hydrogen-bond acceptors (Lipinski definition) is 5. The lowest BCUT2D eigenvalue weighted by Crippen LogP contribution is -2.44. The summed E-state index contributed by atoms with van der Waals surface area (Å²) in [4.78, 5) is 23.7. The van der Waals surface area contributed by atoms with E-state index >= 15 is 0 Å². The zero-order valence-corrected chi connectivity index (χ0v) is 13.0. The van der Waals surface area contributed by atoms with Gasteiger partial charge < -0.3 is 4.74 Å². The van der Waals surface area contributed by atoms with Crippen molar-refractivity contribution in [3.8, 4) is 5.75 Å². The van der Waals surface area contributed by atoms with E-state index in [-0.39, 0.29) is 11.6 Å². The molecule has 21 heavy (non-hydrogen) atoms. The second-order valence-electron chi connectivity index (χ2n) is 4.74. The highest BCUT2D eigenvalue weighted by Gasteiger charge is 2.45. The number of thioether (sulfide) groups is 2. The molecule has 1 aliphatic rings. The highest BCUT2D eigenvalue weighted by molar-refractivity contribution is 8.18. The van der Waals surface area contributed by atoms with Crippen LogP contribution in [0.3, 0.4) is 0 Å². The summed E-state index contributed by atoms with van der Waals surface area (Å²) in [5.74, 6) is 1.58. The quantitative estimate of drug-likeness (QED) is 0.812. The summed E-state index contributed by atoms with van der Waals surface area (Å²) in [5.41, 5.74) is 0.180. The molecule has 2 aromatic carbocycles. The van der Waals surface area contributed by atoms with Crippen molar-refractivity contribution < 1.29 is 9.13 Å². The third-order valence-corrected chi connectivity index (χ3v) is 6.91. The number of rotatable bonds is 3. The molecule has 0 N–H and O–H groups in total. The first-order valence-corrected chi connectivity index (χ1v) is 8.49. The second-order valence-corrected chi connectivity index (χ2v) is 7.62. The van der Waals surface area contributed by atoms with Crippen LogP contribution in [-0.2, 0) is 4.08 Å². The molecule has 0 radical (unpaired) electrons. The van der Waals surface area contributed by atoms with E-state index in [0.717, 1.165) is 23.5 Å². The van der Waals surface area contributed by atoms with Gasteiger partial charge in [-0.1, -0.05) is 12.1 Å². The molecule has 0 unspecified atom stereocenters. The second kappa shape index (κ2) is 5.50. The van der Waals surface area contributed by atoms with Crippen molar-refractivity contribution in [3.05, 3.63) is 61.7 Å².